The molecule has 0 unspecified atom stereocenters. The first-order chi connectivity index (χ1) is 12.8. The van der Waals surface area contributed by atoms with E-state index in [2.05, 4.69) is 4.90 Å². The predicted octanol–water partition coefficient (Wildman–Crippen LogP) is 3.35. The van der Waals surface area contributed by atoms with Gasteiger partial charge in [-0.25, -0.2) is 0 Å². The van der Waals surface area contributed by atoms with Crippen molar-refractivity contribution in [3.8, 4) is 5.75 Å². The van der Waals surface area contributed by atoms with Crippen LogP contribution in [0.1, 0.15) is 31.2 Å². The minimum atomic E-state index is -4.41. The van der Waals surface area contributed by atoms with E-state index in [9.17, 15) is 18.0 Å². The van der Waals surface area contributed by atoms with Gasteiger partial charge in [-0.1, -0.05) is 12.1 Å². The number of para-hydroxylation sites is 1. The van der Waals surface area contributed by atoms with E-state index < -0.39 is 17.7 Å². The fourth-order valence-electron chi connectivity index (χ4n) is 3.37. The molecule has 8 heteroatoms. The fourth-order valence-corrected chi connectivity index (χ4v) is 3.37. The summed E-state index contributed by atoms with van der Waals surface area (Å²) in [7, 11) is 1.84. The number of carbonyl (C=O) groups is 1. The molecule has 0 spiro atoms. The Morgan fingerprint density at radius 3 is 2.56 bits per heavy atom. The summed E-state index contributed by atoms with van der Waals surface area (Å²) in [6, 6.07) is 5.56. The molecule has 1 aromatic rings. The Bertz CT molecular complexity index is 602. The van der Waals surface area contributed by atoms with Crippen molar-refractivity contribution in [2.24, 2.45) is 0 Å². The van der Waals surface area contributed by atoms with Crippen molar-refractivity contribution in [3.63, 3.8) is 0 Å². The first-order valence-corrected chi connectivity index (χ1v) is 9.21. The molecule has 1 aliphatic rings. The SMILES string of the molecule is CN(CC(=O)O)C1CCN(CCCCOc2ccccc2C(F)(F)F)CC1. The molecular weight excluding hydrogens is 361 g/mol. The monoisotopic (exact) mass is 388 g/mol. The molecule has 0 saturated carbocycles. The fraction of sp³-hybridized carbons (Fsp3) is 0.632. The maximum atomic E-state index is 12.9. The van der Waals surface area contributed by atoms with Crippen LogP contribution in [-0.4, -0.2) is 66.8 Å². The van der Waals surface area contributed by atoms with Gasteiger partial charge in [0, 0.05) is 6.04 Å². The lowest BCUT2D eigenvalue weighted by Crippen LogP contribution is -2.45. The van der Waals surface area contributed by atoms with Crippen molar-refractivity contribution < 1.29 is 27.8 Å². The third kappa shape index (κ3) is 7.03. The highest BCUT2D eigenvalue weighted by atomic mass is 19.4. The summed E-state index contributed by atoms with van der Waals surface area (Å²) in [5.74, 6) is -0.931. The van der Waals surface area contributed by atoms with E-state index >= 15 is 0 Å². The summed E-state index contributed by atoms with van der Waals surface area (Å²) in [6.07, 6.45) is -1.01. The third-order valence-electron chi connectivity index (χ3n) is 4.88. The second-order valence-electron chi connectivity index (χ2n) is 6.93. The number of likely N-dealkylation sites (tertiary alicyclic amines) is 1. The lowest BCUT2D eigenvalue weighted by atomic mass is 10.0. The number of likely N-dealkylation sites (N-methyl/N-ethyl adjacent to an activating group) is 1. The zero-order valence-corrected chi connectivity index (χ0v) is 15.5. The molecule has 1 fully saturated rings. The maximum Gasteiger partial charge on any atom is 0.419 e. The zero-order valence-electron chi connectivity index (χ0n) is 15.5. The lowest BCUT2D eigenvalue weighted by Gasteiger charge is -2.36. The number of carboxylic acid groups (broad SMARTS) is 1. The summed E-state index contributed by atoms with van der Waals surface area (Å²) in [5.41, 5.74) is -0.738. The topological polar surface area (TPSA) is 53.0 Å². The summed E-state index contributed by atoms with van der Waals surface area (Å²) in [6.45, 7) is 3.00. The van der Waals surface area contributed by atoms with Crippen LogP contribution in [-0.2, 0) is 11.0 Å². The molecule has 27 heavy (non-hydrogen) atoms. The van der Waals surface area contributed by atoms with Crippen LogP contribution < -0.4 is 4.74 Å². The average Bonchev–Trinajstić information content (AvgIpc) is 2.61. The van der Waals surface area contributed by atoms with Crippen LogP contribution in [0.4, 0.5) is 13.2 Å². The van der Waals surface area contributed by atoms with Gasteiger partial charge in [0.2, 0.25) is 0 Å². The summed E-state index contributed by atoms with van der Waals surface area (Å²) < 4.78 is 44.0. The van der Waals surface area contributed by atoms with E-state index in [1.54, 1.807) is 0 Å². The molecular formula is C19H27F3N2O3. The van der Waals surface area contributed by atoms with Gasteiger partial charge in [0.1, 0.15) is 5.75 Å². The zero-order chi connectivity index (χ0) is 19.9. The van der Waals surface area contributed by atoms with Crippen LogP contribution in [0.3, 0.4) is 0 Å². The number of halogens is 3. The number of benzene rings is 1. The maximum absolute atomic E-state index is 12.9. The number of nitrogens with zero attached hydrogens (tertiary/aromatic N) is 2. The van der Waals surface area contributed by atoms with Gasteiger partial charge in [-0.05, 0) is 64.5 Å². The van der Waals surface area contributed by atoms with E-state index in [4.69, 9.17) is 9.84 Å². The van der Waals surface area contributed by atoms with Crippen molar-refractivity contribution >= 4 is 5.97 Å². The van der Waals surface area contributed by atoms with Gasteiger partial charge in [0.05, 0.1) is 18.7 Å². The molecule has 0 bridgehead atoms. The van der Waals surface area contributed by atoms with Gasteiger partial charge in [-0.2, -0.15) is 13.2 Å². The number of ether oxygens (including phenoxy) is 1. The number of alkyl halides is 3. The van der Waals surface area contributed by atoms with Crippen molar-refractivity contribution in [2.45, 2.75) is 37.9 Å². The largest absolute Gasteiger partial charge is 0.493 e. The highest BCUT2D eigenvalue weighted by molar-refractivity contribution is 5.69. The van der Waals surface area contributed by atoms with Gasteiger partial charge in [-0.15, -0.1) is 0 Å². The van der Waals surface area contributed by atoms with E-state index in [0.717, 1.165) is 45.0 Å². The number of piperidine rings is 1. The van der Waals surface area contributed by atoms with Crippen LogP contribution >= 0.6 is 0 Å². The van der Waals surface area contributed by atoms with Gasteiger partial charge in [0.25, 0.3) is 0 Å². The van der Waals surface area contributed by atoms with E-state index in [1.807, 2.05) is 11.9 Å². The molecule has 2 rings (SSSR count). The number of rotatable bonds is 9. The van der Waals surface area contributed by atoms with Gasteiger partial charge in [0.15, 0.2) is 0 Å². The van der Waals surface area contributed by atoms with Crippen molar-refractivity contribution in [1.82, 2.24) is 9.80 Å². The van der Waals surface area contributed by atoms with Gasteiger partial charge < -0.3 is 14.7 Å². The molecule has 1 aromatic carbocycles. The van der Waals surface area contributed by atoms with Crippen LogP contribution in [0.15, 0.2) is 24.3 Å². The number of hydrogen-bond acceptors (Lipinski definition) is 4. The molecule has 0 atom stereocenters. The molecule has 5 nitrogen and oxygen atoms in total. The summed E-state index contributed by atoms with van der Waals surface area (Å²) >= 11 is 0. The summed E-state index contributed by atoms with van der Waals surface area (Å²) in [4.78, 5) is 15.0. The van der Waals surface area contributed by atoms with E-state index in [1.165, 1.54) is 18.2 Å². The summed E-state index contributed by atoms with van der Waals surface area (Å²) in [5, 5.41) is 8.85. The number of hydrogen-bond donors (Lipinski definition) is 1. The minimum absolute atomic E-state index is 0.0569. The average molecular weight is 388 g/mol. The lowest BCUT2D eigenvalue weighted by molar-refractivity contribution is -0.139. The van der Waals surface area contributed by atoms with Crippen LogP contribution in [0.25, 0.3) is 0 Å². The van der Waals surface area contributed by atoms with Crippen molar-refractivity contribution in [2.75, 3.05) is 39.8 Å². The first kappa shape index (κ1) is 21.5. The molecule has 0 radical (unpaired) electrons. The third-order valence-corrected chi connectivity index (χ3v) is 4.88. The van der Waals surface area contributed by atoms with Crippen LogP contribution in [0.5, 0.6) is 5.75 Å². The Morgan fingerprint density at radius 2 is 1.93 bits per heavy atom. The van der Waals surface area contributed by atoms with E-state index in [-0.39, 0.29) is 18.9 Å². The number of unbranched alkanes of at least 4 members (excludes halogenated alkanes) is 1. The Morgan fingerprint density at radius 1 is 1.26 bits per heavy atom. The second kappa shape index (κ2) is 9.94. The van der Waals surface area contributed by atoms with E-state index in [0.29, 0.717) is 12.5 Å². The second-order valence-corrected chi connectivity index (χ2v) is 6.93. The highest BCUT2D eigenvalue weighted by Gasteiger charge is 2.33. The molecule has 1 heterocycles. The number of aliphatic carboxylic acids is 1. The normalized spacial score (nSPS) is 16.6. The molecule has 0 amide bonds. The molecule has 152 valence electrons. The highest BCUT2D eigenvalue weighted by Crippen LogP contribution is 2.35. The Kier molecular flexibility index (Phi) is 7.91. The van der Waals surface area contributed by atoms with Crippen LogP contribution in [0.2, 0.25) is 0 Å². The Balaban J connectivity index is 1.64. The van der Waals surface area contributed by atoms with Crippen molar-refractivity contribution in [1.29, 1.82) is 0 Å². The Hall–Kier alpha value is -1.80. The molecule has 1 saturated heterocycles. The number of carboxylic acids is 1. The Labute approximate surface area is 157 Å². The smallest absolute Gasteiger partial charge is 0.419 e. The molecule has 0 aromatic heterocycles. The minimum Gasteiger partial charge on any atom is -0.493 e. The quantitative estimate of drug-likeness (QED) is 0.658. The predicted molar refractivity (Wildman–Crippen MR) is 95.9 cm³/mol. The first-order valence-electron chi connectivity index (χ1n) is 9.21. The standard InChI is InChI=1S/C19H27F3N2O3/c1-23(14-18(25)26)15-8-11-24(12-9-15)10-4-5-13-27-17-7-3-2-6-16(17)19(20,21)22/h2-3,6-7,15H,4-5,8-14H2,1H3,(H,25,26). The molecule has 0 aliphatic carbocycles. The van der Waals surface area contributed by atoms with Gasteiger partial charge >= 0.3 is 12.1 Å². The molecule has 1 aliphatic heterocycles. The van der Waals surface area contributed by atoms with Gasteiger partial charge in [-0.3, -0.25) is 9.69 Å². The van der Waals surface area contributed by atoms with Crippen LogP contribution in [0, 0.1) is 0 Å². The van der Waals surface area contributed by atoms with Crippen molar-refractivity contribution in [3.05, 3.63) is 29.8 Å². The molecule has 1 N–H and O–H groups in total.